The van der Waals surface area contributed by atoms with Crippen molar-refractivity contribution in [1.29, 1.82) is 0 Å². The number of halogens is 1. The molecule has 2 aromatic rings. The minimum Gasteiger partial charge on any atom is -0.366 e. The Morgan fingerprint density at radius 3 is 2.48 bits per heavy atom. The SMILES string of the molecule is NNc1cncc(N2CCN(c3ccccc3F)CC2)n1. The number of nitrogens with one attached hydrogen (secondary N) is 1. The number of nitrogens with two attached hydrogens (primary N) is 1. The highest BCUT2D eigenvalue weighted by atomic mass is 19.1. The molecule has 0 saturated carbocycles. The number of benzene rings is 1. The quantitative estimate of drug-likeness (QED) is 0.654. The summed E-state index contributed by atoms with van der Waals surface area (Å²) in [4.78, 5) is 12.6. The number of nitrogens with zero attached hydrogens (tertiary/aromatic N) is 4. The van der Waals surface area contributed by atoms with Crippen molar-refractivity contribution in [2.75, 3.05) is 41.4 Å². The highest BCUT2D eigenvalue weighted by Gasteiger charge is 2.20. The molecule has 0 amide bonds. The number of nitrogen functional groups attached to an aromatic ring is 1. The van der Waals surface area contributed by atoms with Crippen LogP contribution in [0.3, 0.4) is 0 Å². The van der Waals surface area contributed by atoms with Gasteiger partial charge in [0.1, 0.15) is 11.6 Å². The van der Waals surface area contributed by atoms with Crippen LogP contribution in [0.5, 0.6) is 0 Å². The van der Waals surface area contributed by atoms with Crippen molar-refractivity contribution in [3.63, 3.8) is 0 Å². The average molecular weight is 288 g/mol. The van der Waals surface area contributed by atoms with Crippen molar-refractivity contribution < 1.29 is 4.39 Å². The molecule has 1 aromatic heterocycles. The van der Waals surface area contributed by atoms with E-state index in [1.54, 1.807) is 18.5 Å². The first-order valence-electron chi connectivity index (χ1n) is 6.81. The lowest BCUT2D eigenvalue weighted by Crippen LogP contribution is -2.47. The van der Waals surface area contributed by atoms with Gasteiger partial charge in [-0.25, -0.2) is 15.2 Å². The highest BCUT2D eigenvalue weighted by Crippen LogP contribution is 2.22. The van der Waals surface area contributed by atoms with E-state index in [0.29, 0.717) is 11.5 Å². The standard InChI is InChI=1S/C14H17FN6/c15-11-3-1-2-4-12(11)20-5-7-21(8-6-20)14-10-17-9-13(18-14)19-16/h1-4,9-10H,5-8,16H2,(H,18,19). The van der Waals surface area contributed by atoms with Crippen LogP contribution in [0, 0.1) is 5.82 Å². The zero-order valence-corrected chi connectivity index (χ0v) is 11.5. The molecule has 0 spiro atoms. The lowest BCUT2D eigenvalue weighted by atomic mass is 10.2. The number of rotatable bonds is 3. The van der Waals surface area contributed by atoms with Gasteiger partial charge in [0.15, 0.2) is 5.82 Å². The first-order chi connectivity index (χ1) is 10.3. The van der Waals surface area contributed by atoms with E-state index in [4.69, 9.17) is 5.84 Å². The number of piperazine rings is 1. The van der Waals surface area contributed by atoms with Crippen LogP contribution < -0.4 is 21.1 Å². The van der Waals surface area contributed by atoms with Gasteiger partial charge < -0.3 is 15.2 Å². The average Bonchev–Trinajstić information content (AvgIpc) is 2.56. The molecule has 110 valence electrons. The molecule has 3 rings (SSSR count). The van der Waals surface area contributed by atoms with Crippen molar-refractivity contribution in [2.24, 2.45) is 5.84 Å². The molecule has 0 radical (unpaired) electrons. The predicted octanol–water partition coefficient (Wildman–Crippen LogP) is 1.23. The lowest BCUT2D eigenvalue weighted by molar-refractivity contribution is 0.596. The van der Waals surface area contributed by atoms with E-state index < -0.39 is 0 Å². The first-order valence-corrected chi connectivity index (χ1v) is 6.81. The number of aromatic nitrogens is 2. The third-order valence-corrected chi connectivity index (χ3v) is 3.57. The van der Waals surface area contributed by atoms with Gasteiger partial charge in [-0.15, -0.1) is 0 Å². The molecule has 0 atom stereocenters. The minimum absolute atomic E-state index is 0.180. The molecule has 0 bridgehead atoms. The molecule has 0 aliphatic carbocycles. The van der Waals surface area contributed by atoms with Crippen molar-refractivity contribution in [1.82, 2.24) is 9.97 Å². The van der Waals surface area contributed by atoms with Gasteiger partial charge in [0.05, 0.1) is 18.1 Å². The number of hydrogen-bond donors (Lipinski definition) is 2. The van der Waals surface area contributed by atoms with Gasteiger partial charge in [-0.05, 0) is 12.1 Å². The van der Waals surface area contributed by atoms with Gasteiger partial charge in [0.2, 0.25) is 0 Å². The van der Waals surface area contributed by atoms with Gasteiger partial charge in [0.25, 0.3) is 0 Å². The number of hydrogen-bond acceptors (Lipinski definition) is 6. The Kier molecular flexibility index (Phi) is 3.83. The Hall–Kier alpha value is -2.41. The Balaban J connectivity index is 1.69. The molecular formula is C14H17FN6. The van der Waals surface area contributed by atoms with Crippen LogP contribution in [-0.4, -0.2) is 36.1 Å². The predicted molar refractivity (Wildman–Crippen MR) is 80.7 cm³/mol. The van der Waals surface area contributed by atoms with E-state index in [2.05, 4.69) is 20.3 Å². The molecule has 7 heteroatoms. The zero-order chi connectivity index (χ0) is 14.7. The molecule has 1 fully saturated rings. The number of anilines is 3. The van der Waals surface area contributed by atoms with Crippen LogP contribution in [0.2, 0.25) is 0 Å². The normalized spacial score (nSPS) is 15.1. The van der Waals surface area contributed by atoms with Crippen LogP contribution in [0.25, 0.3) is 0 Å². The second kappa shape index (κ2) is 5.92. The van der Waals surface area contributed by atoms with E-state index in [0.717, 1.165) is 32.0 Å². The van der Waals surface area contributed by atoms with Gasteiger partial charge >= 0.3 is 0 Å². The number of para-hydroxylation sites is 1. The Morgan fingerprint density at radius 2 is 1.76 bits per heavy atom. The van der Waals surface area contributed by atoms with Gasteiger partial charge in [-0.3, -0.25) is 4.98 Å². The lowest BCUT2D eigenvalue weighted by Gasteiger charge is -2.36. The van der Waals surface area contributed by atoms with Crippen molar-refractivity contribution in [3.05, 3.63) is 42.5 Å². The molecule has 1 aromatic carbocycles. The maximum absolute atomic E-state index is 13.8. The second-order valence-electron chi connectivity index (χ2n) is 4.83. The molecule has 1 aliphatic heterocycles. The maximum Gasteiger partial charge on any atom is 0.160 e. The van der Waals surface area contributed by atoms with Crippen LogP contribution in [0.4, 0.5) is 21.7 Å². The van der Waals surface area contributed by atoms with Crippen molar-refractivity contribution >= 4 is 17.3 Å². The van der Waals surface area contributed by atoms with E-state index in [-0.39, 0.29) is 5.82 Å². The fourth-order valence-corrected chi connectivity index (χ4v) is 2.46. The summed E-state index contributed by atoms with van der Waals surface area (Å²) in [5.74, 6) is 6.47. The van der Waals surface area contributed by atoms with Crippen LogP contribution in [0.15, 0.2) is 36.7 Å². The third-order valence-electron chi connectivity index (χ3n) is 3.57. The van der Waals surface area contributed by atoms with Gasteiger partial charge in [-0.2, -0.15) is 0 Å². The van der Waals surface area contributed by atoms with Crippen molar-refractivity contribution in [3.8, 4) is 0 Å². The Bertz CT molecular complexity index is 612. The summed E-state index contributed by atoms with van der Waals surface area (Å²) in [6.07, 6.45) is 3.28. The molecule has 1 saturated heterocycles. The Morgan fingerprint density at radius 1 is 1.05 bits per heavy atom. The van der Waals surface area contributed by atoms with Crippen molar-refractivity contribution in [2.45, 2.75) is 0 Å². The smallest absolute Gasteiger partial charge is 0.160 e. The zero-order valence-electron chi connectivity index (χ0n) is 11.5. The molecule has 3 N–H and O–H groups in total. The molecule has 21 heavy (non-hydrogen) atoms. The first kappa shape index (κ1) is 13.6. The summed E-state index contributed by atoms with van der Waals surface area (Å²) in [6.45, 7) is 3.00. The van der Waals surface area contributed by atoms with Gasteiger partial charge in [0, 0.05) is 26.2 Å². The largest absolute Gasteiger partial charge is 0.366 e. The Labute approximate surface area is 122 Å². The molecule has 1 aliphatic rings. The fraction of sp³-hybridized carbons (Fsp3) is 0.286. The van der Waals surface area contributed by atoms with Crippen LogP contribution >= 0.6 is 0 Å². The van der Waals surface area contributed by atoms with E-state index >= 15 is 0 Å². The molecule has 2 heterocycles. The summed E-state index contributed by atoms with van der Waals surface area (Å²) in [5, 5.41) is 0. The summed E-state index contributed by atoms with van der Waals surface area (Å²) in [6, 6.07) is 6.86. The summed E-state index contributed by atoms with van der Waals surface area (Å²) in [7, 11) is 0. The second-order valence-corrected chi connectivity index (χ2v) is 4.83. The van der Waals surface area contributed by atoms with Crippen LogP contribution in [-0.2, 0) is 0 Å². The van der Waals surface area contributed by atoms with E-state index in [1.165, 1.54) is 6.07 Å². The topological polar surface area (TPSA) is 70.3 Å². The van der Waals surface area contributed by atoms with Crippen LogP contribution in [0.1, 0.15) is 0 Å². The van der Waals surface area contributed by atoms with E-state index in [9.17, 15) is 4.39 Å². The summed E-state index contributed by atoms with van der Waals surface area (Å²) in [5.41, 5.74) is 3.14. The third kappa shape index (κ3) is 2.87. The monoisotopic (exact) mass is 288 g/mol. The summed E-state index contributed by atoms with van der Waals surface area (Å²) >= 11 is 0. The van der Waals surface area contributed by atoms with Gasteiger partial charge in [-0.1, -0.05) is 12.1 Å². The summed E-state index contributed by atoms with van der Waals surface area (Å²) < 4.78 is 13.8. The number of hydrazine groups is 1. The maximum atomic E-state index is 13.8. The minimum atomic E-state index is -0.180. The highest BCUT2D eigenvalue weighted by molar-refractivity contribution is 5.51. The molecule has 6 nitrogen and oxygen atoms in total. The molecular weight excluding hydrogens is 271 g/mol. The van der Waals surface area contributed by atoms with E-state index in [1.807, 2.05) is 17.0 Å². The molecule has 0 unspecified atom stereocenters. The fourth-order valence-electron chi connectivity index (χ4n) is 2.46.